The number of hydrogen-bond donors (Lipinski definition) is 1. The highest BCUT2D eigenvalue weighted by Crippen LogP contribution is 2.32. The van der Waals surface area contributed by atoms with Crippen molar-refractivity contribution in [1.82, 2.24) is 34.7 Å². The Labute approximate surface area is 219 Å². The van der Waals surface area contributed by atoms with Gasteiger partial charge in [0.25, 0.3) is 5.88 Å². The first-order chi connectivity index (χ1) is 18.5. The summed E-state index contributed by atoms with van der Waals surface area (Å²) in [5.74, 6) is -0.322. The summed E-state index contributed by atoms with van der Waals surface area (Å²) in [6.45, 7) is 6.16. The van der Waals surface area contributed by atoms with Gasteiger partial charge in [0.15, 0.2) is 5.82 Å². The minimum absolute atomic E-state index is 0.126. The predicted molar refractivity (Wildman–Crippen MR) is 135 cm³/mol. The number of imidazole rings is 1. The van der Waals surface area contributed by atoms with Gasteiger partial charge in [-0.2, -0.15) is 5.26 Å². The summed E-state index contributed by atoms with van der Waals surface area (Å²) in [5, 5.41) is 22.0. The minimum Gasteiger partial charge on any atom is -0.473 e. The van der Waals surface area contributed by atoms with Crippen molar-refractivity contribution < 1.29 is 18.6 Å². The zero-order valence-electron chi connectivity index (χ0n) is 21.5. The van der Waals surface area contributed by atoms with Gasteiger partial charge in [-0.05, 0) is 58.0 Å². The molecule has 0 radical (unpaired) electrons. The number of nitriles is 1. The smallest absolute Gasteiger partial charge is 0.250 e. The van der Waals surface area contributed by atoms with Crippen molar-refractivity contribution in [2.45, 2.75) is 38.8 Å². The van der Waals surface area contributed by atoms with E-state index >= 15 is 0 Å². The van der Waals surface area contributed by atoms with Gasteiger partial charge in [-0.3, -0.25) is 4.40 Å². The monoisotopic (exact) mass is 520 g/mol. The van der Waals surface area contributed by atoms with Gasteiger partial charge in [0.1, 0.15) is 35.8 Å². The molecule has 1 atom stereocenters. The molecule has 5 rings (SSSR count). The summed E-state index contributed by atoms with van der Waals surface area (Å²) >= 11 is 0. The van der Waals surface area contributed by atoms with Gasteiger partial charge in [-0.1, -0.05) is 5.21 Å². The SMILES string of the molecule is COCCOc1nc(C(C)Oc2cc(-c3nnn(C4CCNCC4)c3C)cc3ncc(C#N)n23)ccc1F. The molecule has 0 aliphatic carbocycles. The Bertz CT molecular complexity index is 1470. The Balaban J connectivity index is 1.49. The van der Waals surface area contributed by atoms with Crippen molar-refractivity contribution in [3.05, 3.63) is 53.4 Å². The van der Waals surface area contributed by atoms with E-state index in [1.807, 2.05) is 23.7 Å². The van der Waals surface area contributed by atoms with Crippen LogP contribution in [0, 0.1) is 24.1 Å². The molecule has 1 saturated heterocycles. The molecule has 1 unspecified atom stereocenters. The number of halogens is 1. The quantitative estimate of drug-likeness (QED) is 0.331. The van der Waals surface area contributed by atoms with Gasteiger partial charge in [-0.15, -0.1) is 5.10 Å². The topological polar surface area (TPSA) is 124 Å². The van der Waals surface area contributed by atoms with Crippen LogP contribution < -0.4 is 14.8 Å². The fourth-order valence-corrected chi connectivity index (χ4v) is 4.61. The van der Waals surface area contributed by atoms with E-state index in [2.05, 4.69) is 31.7 Å². The van der Waals surface area contributed by atoms with Crippen LogP contribution in [-0.2, 0) is 4.74 Å². The van der Waals surface area contributed by atoms with Gasteiger partial charge in [-0.25, -0.2) is 19.0 Å². The van der Waals surface area contributed by atoms with Crippen molar-refractivity contribution in [2.24, 2.45) is 0 Å². The van der Waals surface area contributed by atoms with Crippen molar-refractivity contribution in [3.8, 4) is 29.1 Å². The van der Waals surface area contributed by atoms with E-state index in [0.717, 1.165) is 42.9 Å². The van der Waals surface area contributed by atoms with Crippen LogP contribution in [0.25, 0.3) is 16.9 Å². The van der Waals surface area contributed by atoms with Crippen LogP contribution in [0.1, 0.15) is 49.0 Å². The summed E-state index contributed by atoms with van der Waals surface area (Å²) in [6.07, 6.45) is 2.87. The number of aromatic nitrogens is 6. The van der Waals surface area contributed by atoms with Gasteiger partial charge >= 0.3 is 0 Å². The third kappa shape index (κ3) is 5.03. The molecule has 11 nitrogen and oxygen atoms in total. The minimum atomic E-state index is -0.598. The molecule has 0 aromatic carbocycles. The largest absolute Gasteiger partial charge is 0.473 e. The van der Waals surface area contributed by atoms with Gasteiger partial charge in [0, 0.05) is 18.7 Å². The number of rotatable bonds is 9. The maximum absolute atomic E-state index is 14.2. The Morgan fingerprint density at radius 1 is 1.24 bits per heavy atom. The van der Waals surface area contributed by atoms with E-state index in [9.17, 15) is 9.65 Å². The first kappa shape index (κ1) is 25.6. The third-order valence-electron chi connectivity index (χ3n) is 6.62. The van der Waals surface area contributed by atoms with E-state index in [0.29, 0.717) is 35.6 Å². The second-order valence-electron chi connectivity index (χ2n) is 9.10. The number of hydrogen-bond acceptors (Lipinski definition) is 9. The standard InChI is InChI=1S/C26H29FN8O3/c1-16-25(32-33-35(16)19-6-8-29-9-7-19)18-12-23-30-15-20(14-28)34(23)24(13-18)38-17(2)22-5-4-21(27)26(31-22)37-11-10-36-3/h4-5,12-13,15,17,19,29H,6-11H2,1-3H3. The molecule has 1 N–H and O–H groups in total. The molecule has 4 aromatic rings. The Kier molecular flexibility index (Phi) is 7.48. The fraction of sp³-hybridized carbons (Fsp3) is 0.423. The maximum Gasteiger partial charge on any atom is 0.250 e. The molecule has 1 fully saturated rings. The molecule has 0 amide bonds. The van der Waals surface area contributed by atoms with Crippen LogP contribution >= 0.6 is 0 Å². The van der Waals surface area contributed by atoms with Gasteiger partial charge in [0.2, 0.25) is 5.88 Å². The molecule has 12 heteroatoms. The van der Waals surface area contributed by atoms with Crippen LogP contribution in [0.2, 0.25) is 0 Å². The normalized spacial score (nSPS) is 14.9. The van der Waals surface area contributed by atoms with E-state index in [-0.39, 0.29) is 12.5 Å². The first-order valence-corrected chi connectivity index (χ1v) is 12.5. The lowest BCUT2D eigenvalue weighted by molar-refractivity contribution is 0.139. The predicted octanol–water partition coefficient (Wildman–Crippen LogP) is 3.40. The molecule has 38 heavy (non-hydrogen) atoms. The summed E-state index contributed by atoms with van der Waals surface area (Å²) < 4.78 is 34.5. The van der Waals surface area contributed by atoms with Gasteiger partial charge in [0.05, 0.1) is 30.2 Å². The van der Waals surface area contributed by atoms with E-state index in [4.69, 9.17) is 14.2 Å². The number of nitrogens with one attached hydrogen (secondary N) is 1. The van der Waals surface area contributed by atoms with E-state index in [1.54, 1.807) is 11.3 Å². The van der Waals surface area contributed by atoms with Crippen LogP contribution in [0.5, 0.6) is 11.8 Å². The molecule has 0 saturated carbocycles. The zero-order valence-corrected chi connectivity index (χ0v) is 21.5. The molecule has 198 valence electrons. The number of piperidine rings is 1. The number of nitrogens with zero attached hydrogens (tertiary/aromatic N) is 7. The van der Waals surface area contributed by atoms with Gasteiger partial charge < -0.3 is 19.5 Å². The second kappa shape index (κ2) is 11.1. The fourth-order valence-electron chi connectivity index (χ4n) is 4.61. The molecule has 1 aliphatic rings. The van der Waals surface area contributed by atoms with Crippen LogP contribution in [0.3, 0.4) is 0 Å². The number of methoxy groups -OCH3 is 1. The molecule has 5 heterocycles. The molecule has 1 aliphatic heterocycles. The molecule has 4 aromatic heterocycles. The Hall–Kier alpha value is -4.08. The molecule has 0 bridgehead atoms. The summed E-state index contributed by atoms with van der Waals surface area (Å²) in [7, 11) is 1.54. The maximum atomic E-state index is 14.2. The van der Waals surface area contributed by atoms with Crippen molar-refractivity contribution in [2.75, 3.05) is 33.4 Å². The van der Waals surface area contributed by atoms with Crippen molar-refractivity contribution in [1.29, 1.82) is 5.26 Å². The lowest BCUT2D eigenvalue weighted by Crippen LogP contribution is -2.30. The lowest BCUT2D eigenvalue weighted by atomic mass is 10.1. The summed E-state index contributed by atoms with van der Waals surface area (Å²) in [4.78, 5) is 8.71. The number of fused-ring (bicyclic) bond motifs is 1. The molecule has 0 spiro atoms. The van der Waals surface area contributed by atoms with Crippen LogP contribution in [-0.4, -0.2) is 62.8 Å². The average molecular weight is 521 g/mol. The van der Waals surface area contributed by atoms with Crippen molar-refractivity contribution in [3.63, 3.8) is 0 Å². The summed E-state index contributed by atoms with van der Waals surface area (Å²) in [6, 6.07) is 8.95. The summed E-state index contributed by atoms with van der Waals surface area (Å²) in [5.41, 5.74) is 3.75. The van der Waals surface area contributed by atoms with Crippen LogP contribution in [0.4, 0.5) is 4.39 Å². The Morgan fingerprint density at radius 2 is 2.05 bits per heavy atom. The Morgan fingerprint density at radius 3 is 2.82 bits per heavy atom. The van der Waals surface area contributed by atoms with E-state index in [1.165, 1.54) is 25.4 Å². The first-order valence-electron chi connectivity index (χ1n) is 12.5. The average Bonchev–Trinajstić information content (AvgIpc) is 3.53. The second-order valence-corrected chi connectivity index (χ2v) is 9.10. The lowest BCUT2D eigenvalue weighted by Gasteiger charge is -2.23. The van der Waals surface area contributed by atoms with E-state index < -0.39 is 11.9 Å². The van der Waals surface area contributed by atoms with Crippen molar-refractivity contribution >= 4 is 5.65 Å². The third-order valence-corrected chi connectivity index (χ3v) is 6.62. The highest BCUT2D eigenvalue weighted by molar-refractivity contribution is 5.68. The molecular weight excluding hydrogens is 491 g/mol. The highest BCUT2D eigenvalue weighted by Gasteiger charge is 2.23. The number of ether oxygens (including phenoxy) is 3. The number of pyridine rings is 2. The molecular formula is C26H29FN8O3. The highest BCUT2D eigenvalue weighted by atomic mass is 19.1. The van der Waals surface area contributed by atoms with Crippen LogP contribution in [0.15, 0.2) is 30.5 Å². The zero-order chi connectivity index (χ0) is 26.6.